The van der Waals surface area contributed by atoms with Crippen molar-refractivity contribution in [3.05, 3.63) is 34.5 Å². The second kappa shape index (κ2) is 7.00. The number of nitrogens with one attached hydrogen (secondary N) is 1. The molecule has 25 heavy (non-hydrogen) atoms. The van der Waals surface area contributed by atoms with E-state index in [4.69, 9.17) is 4.52 Å². The Hall–Kier alpha value is -2.77. The van der Waals surface area contributed by atoms with E-state index in [1.165, 1.54) is 6.33 Å². The fraction of sp³-hybridized carbons (Fsp3) is 0.471. The summed E-state index contributed by atoms with van der Waals surface area (Å²) in [4.78, 5) is 20.9. The highest BCUT2D eigenvalue weighted by Gasteiger charge is 2.17. The van der Waals surface area contributed by atoms with Gasteiger partial charge in [-0.1, -0.05) is 19.0 Å². The molecular formula is C17H22N6O2. The topological polar surface area (TPSA) is 98.2 Å². The van der Waals surface area contributed by atoms with Crippen LogP contribution in [0.3, 0.4) is 0 Å². The van der Waals surface area contributed by atoms with Crippen molar-refractivity contribution in [2.75, 3.05) is 5.32 Å². The Kier molecular flexibility index (Phi) is 4.78. The van der Waals surface area contributed by atoms with Gasteiger partial charge >= 0.3 is 0 Å². The predicted molar refractivity (Wildman–Crippen MR) is 92.5 cm³/mol. The van der Waals surface area contributed by atoms with E-state index in [-0.39, 0.29) is 5.91 Å². The summed E-state index contributed by atoms with van der Waals surface area (Å²) in [5, 5.41) is 11.0. The molecule has 0 saturated carbocycles. The molecule has 0 unspecified atom stereocenters. The van der Waals surface area contributed by atoms with Gasteiger partial charge in [0.05, 0.1) is 5.69 Å². The van der Waals surface area contributed by atoms with Crippen LogP contribution in [0.2, 0.25) is 0 Å². The molecule has 0 spiro atoms. The molecule has 3 aromatic heterocycles. The zero-order chi connectivity index (χ0) is 18.0. The minimum absolute atomic E-state index is 0.106. The Morgan fingerprint density at radius 2 is 2.04 bits per heavy atom. The van der Waals surface area contributed by atoms with Gasteiger partial charge in [-0.15, -0.1) is 0 Å². The standard InChI is InChI=1S/C17H22N6O2/c1-5-12-14(6-2)22-25-16(12)21-15(24)8-7-13-10(3)20-17-18-9-19-23(17)11(13)4/h9H,5-8H2,1-4H3,(H,21,24). The van der Waals surface area contributed by atoms with Crippen LogP contribution in [0, 0.1) is 13.8 Å². The molecule has 0 fully saturated rings. The first-order valence-corrected chi connectivity index (χ1v) is 8.48. The summed E-state index contributed by atoms with van der Waals surface area (Å²) in [6, 6.07) is 0. The fourth-order valence-corrected chi connectivity index (χ4v) is 3.03. The van der Waals surface area contributed by atoms with E-state index in [1.54, 1.807) is 4.52 Å². The number of carbonyl (C=O) groups excluding carboxylic acids is 1. The number of hydrogen-bond donors (Lipinski definition) is 1. The van der Waals surface area contributed by atoms with E-state index in [9.17, 15) is 4.79 Å². The minimum atomic E-state index is -0.106. The van der Waals surface area contributed by atoms with E-state index in [2.05, 4.69) is 25.5 Å². The Morgan fingerprint density at radius 1 is 1.24 bits per heavy atom. The molecular weight excluding hydrogens is 320 g/mol. The maximum atomic E-state index is 12.3. The van der Waals surface area contributed by atoms with Crippen LogP contribution in [-0.2, 0) is 24.1 Å². The summed E-state index contributed by atoms with van der Waals surface area (Å²) in [6.07, 6.45) is 3.93. The molecule has 1 N–H and O–H groups in total. The van der Waals surface area contributed by atoms with Crippen molar-refractivity contribution in [1.82, 2.24) is 24.7 Å². The first kappa shape index (κ1) is 17.1. The molecule has 1 amide bonds. The fourth-order valence-electron chi connectivity index (χ4n) is 3.03. The molecule has 0 aliphatic carbocycles. The summed E-state index contributed by atoms with van der Waals surface area (Å²) in [7, 11) is 0. The van der Waals surface area contributed by atoms with Gasteiger partial charge in [-0.25, -0.2) is 9.50 Å². The predicted octanol–water partition coefficient (Wildman–Crippen LogP) is 2.43. The van der Waals surface area contributed by atoms with Crippen molar-refractivity contribution in [3.8, 4) is 0 Å². The number of nitrogens with zero attached hydrogens (tertiary/aromatic N) is 5. The van der Waals surface area contributed by atoms with Gasteiger partial charge in [0.2, 0.25) is 11.8 Å². The van der Waals surface area contributed by atoms with Gasteiger partial charge in [0.25, 0.3) is 5.78 Å². The lowest BCUT2D eigenvalue weighted by Gasteiger charge is -2.10. The normalized spacial score (nSPS) is 11.2. The molecule has 0 radical (unpaired) electrons. The quantitative estimate of drug-likeness (QED) is 0.739. The molecule has 8 nitrogen and oxygen atoms in total. The summed E-state index contributed by atoms with van der Waals surface area (Å²) >= 11 is 0. The highest BCUT2D eigenvalue weighted by atomic mass is 16.5. The monoisotopic (exact) mass is 342 g/mol. The van der Waals surface area contributed by atoms with Crippen LogP contribution in [0.25, 0.3) is 5.78 Å². The molecule has 3 heterocycles. The van der Waals surface area contributed by atoms with Gasteiger partial charge in [0.15, 0.2) is 0 Å². The third kappa shape index (κ3) is 3.24. The number of hydrogen-bond acceptors (Lipinski definition) is 6. The van der Waals surface area contributed by atoms with Crippen LogP contribution in [0.4, 0.5) is 5.88 Å². The lowest BCUT2D eigenvalue weighted by atomic mass is 10.1. The van der Waals surface area contributed by atoms with Crippen molar-refractivity contribution in [2.45, 2.75) is 53.4 Å². The van der Waals surface area contributed by atoms with Gasteiger partial charge in [-0.2, -0.15) is 10.1 Å². The molecule has 3 aromatic rings. The minimum Gasteiger partial charge on any atom is -0.338 e. The largest absolute Gasteiger partial charge is 0.338 e. The maximum absolute atomic E-state index is 12.3. The second-order valence-electron chi connectivity index (χ2n) is 5.93. The number of rotatable bonds is 6. The molecule has 0 atom stereocenters. The highest BCUT2D eigenvalue weighted by Crippen LogP contribution is 2.21. The smallest absolute Gasteiger partial charge is 0.252 e. The zero-order valence-corrected chi connectivity index (χ0v) is 15.0. The summed E-state index contributed by atoms with van der Waals surface area (Å²) < 4.78 is 6.97. The van der Waals surface area contributed by atoms with Crippen molar-refractivity contribution in [3.63, 3.8) is 0 Å². The van der Waals surface area contributed by atoms with Crippen LogP contribution >= 0.6 is 0 Å². The Labute approximate surface area is 145 Å². The SMILES string of the molecule is CCc1noc(NC(=O)CCc2c(C)nc3ncnn3c2C)c1CC. The average molecular weight is 342 g/mol. The van der Waals surface area contributed by atoms with Crippen molar-refractivity contribution in [1.29, 1.82) is 0 Å². The third-order valence-corrected chi connectivity index (χ3v) is 4.40. The van der Waals surface area contributed by atoms with Crippen molar-refractivity contribution >= 4 is 17.6 Å². The number of fused-ring (bicyclic) bond motifs is 1. The summed E-state index contributed by atoms with van der Waals surface area (Å²) in [5.74, 6) is 0.929. The first-order valence-electron chi connectivity index (χ1n) is 8.48. The Bertz CT molecular complexity index is 911. The summed E-state index contributed by atoms with van der Waals surface area (Å²) in [5.41, 5.74) is 4.69. The van der Waals surface area contributed by atoms with E-state index in [0.717, 1.165) is 41.1 Å². The van der Waals surface area contributed by atoms with E-state index >= 15 is 0 Å². The number of anilines is 1. The zero-order valence-electron chi connectivity index (χ0n) is 15.0. The maximum Gasteiger partial charge on any atom is 0.252 e. The van der Waals surface area contributed by atoms with Gasteiger partial charge in [-0.05, 0) is 38.7 Å². The van der Waals surface area contributed by atoms with E-state index in [1.807, 2.05) is 27.7 Å². The highest BCUT2D eigenvalue weighted by molar-refractivity contribution is 5.90. The summed E-state index contributed by atoms with van der Waals surface area (Å²) in [6.45, 7) is 7.92. The lowest BCUT2D eigenvalue weighted by molar-refractivity contribution is -0.116. The van der Waals surface area contributed by atoms with E-state index in [0.29, 0.717) is 24.5 Å². The molecule has 0 aliphatic heterocycles. The van der Waals surface area contributed by atoms with Crippen LogP contribution in [0.1, 0.15) is 48.5 Å². The van der Waals surface area contributed by atoms with Crippen LogP contribution in [0.5, 0.6) is 0 Å². The van der Waals surface area contributed by atoms with Gasteiger partial charge in [0, 0.05) is 23.4 Å². The lowest BCUT2D eigenvalue weighted by Crippen LogP contribution is -2.15. The first-order chi connectivity index (χ1) is 12.0. The van der Waals surface area contributed by atoms with Crippen LogP contribution in [0.15, 0.2) is 10.9 Å². The third-order valence-electron chi connectivity index (χ3n) is 4.40. The van der Waals surface area contributed by atoms with Gasteiger partial charge in [-0.3, -0.25) is 10.1 Å². The number of aromatic nitrogens is 5. The number of amides is 1. The molecule has 3 rings (SSSR count). The van der Waals surface area contributed by atoms with Crippen molar-refractivity contribution < 1.29 is 9.32 Å². The van der Waals surface area contributed by atoms with Gasteiger partial charge < -0.3 is 4.52 Å². The van der Waals surface area contributed by atoms with E-state index < -0.39 is 0 Å². The molecule has 0 bridgehead atoms. The van der Waals surface area contributed by atoms with Crippen LogP contribution in [-0.4, -0.2) is 30.6 Å². The average Bonchev–Trinajstić information content (AvgIpc) is 3.20. The number of aryl methyl sites for hydroxylation is 3. The molecule has 8 heteroatoms. The Balaban J connectivity index is 1.72. The Morgan fingerprint density at radius 3 is 2.76 bits per heavy atom. The molecule has 0 aromatic carbocycles. The molecule has 0 aliphatic rings. The molecule has 0 saturated heterocycles. The van der Waals surface area contributed by atoms with Crippen LogP contribution < -0.4 is 5.32 Å². The van der Waals surface area contributed by atoms with Gasteiger partial charge in [0.1, 0.15) is 6.33 Å². The van der Waals surface area contributed by atoms with Crippen molar-refractivity contribution in [2.24, 2.45) is 0 Å². The molecule has 132 valence electrons. The number of carbonyl (C=O) groups is 1. The second-order valence-corrected chi connectivity index (χ2v) is 5.93.